The molecule has 0 saturated carbocycles. The molecule has 1 amide bonds. The van der Waals surface area contributed by atoms with Gasteiger partial charge >= 0.3 is 0 Å². The highest BCUT2D eigenvalue weighted by molar-refractivity contribution is 7.99. The smallest absolute Gasteiger partial charge is 0.270 e. The molecule has 128 valence electrons. The van der Waals surface area contributed by atoms with E-state index in [0.29, 0.717) is 23.6 Å². The van der Waals surface area contributed by atoms with Crippen molar-refractivity contribution in [1.29, 1.82) is 0 Å². The molecule has 2 aliphatic rings. The number of rotatable bonds is 3. The summed E-state index contributed by atoms with van der Waals surface area (Å²) >= 11 is 1.66. The quantitative estimate of drug-likeness (QED) is 0.619. The normalized spacial score (nSPS) is 18.4. The second-order valence-corrected chi connectivity index (χ2v) is 6.83. The highest BCUT2D eigenvalue weighted by Crippen LogP contribution is 2.42. The van der Waals surface area contributed by atoms with E-state index in [1.807, 2.05) is 18.2 Å². The Balaban J connectivity index is 1.62. The van der Waals surface area contributed by atoms with Crippen molar-refractivity contribution in [3.8, 4) is 11.5 Å². The summed E-state index contributed by atoms with van der Waals surface area (Å²) in [4.78, 5) is 25.1. The lowest BCUT2D eigenvalue weighted by Crippen LogP contribution is -2.30. The monoisotopic (exact) mass is 358 g/mol. The fourth-order valence-electron chi connectivity index (χ4n) is 2.94. The Hall–Kier alpha value is -2.74. The van der Waals surface area contributed by atoms with Crippen LogP contribution in [0.3, 0.4) is 0 Å². The van der Waals surface area contributed by atoms with Crippen LogP contribution in [0.5, 0.6) is 11.5 Å². The number of nitro groups is 1. The topological polar surface area (TPSA) is 81.9 Å². The fraction of sp³-hybridized carbons (Fsp3) is 0.235. The van der Waals surface area contributed by atoms with Gasteiger partial charge in [-0.15, -0.1) is 11.8 Å². The van der Waals surface area contributed by atoms with Crippen LogP contribution in [0.4, 0.5) is 5.69 Å². The number of nitro benzene ring substituents is 1. The number of nitrogens with zero attached hydrogens (tertiary/aromatic N) is 2. The van der Waals surface area contributed by atoms with Gasteiger partial charge in [-0.3, -0.25) is 14.9 Å². The fourth-order valence-corrected chi connectivity index (χ4v) is 4.18. The molecule has 1 fully saturated rings. The molecule has 1 saturated heterocycles. The number of carbonyl (C=O) groups is 1. The average Bonchev–Trinajstić information content (AvgIpc) is 3.29. The number of fused-ring (bicyclic) bond motifs is 1. The maximum atomic E-state index is 12.9. The maximum absolute atomic E-state index is 12.9. The first-order chi connectivity index (χ1) is 12.1. The van der Waals surface area contributed by atoms with Crippen molar-refractivity contribution in [2.45, 2.75) is 5.37 Å². The first kappa shape index (κ1) is 15.8. The van der Waals surface area contributed by atoms with Crippen molar-refractivity contribution in [1.82, 2.24) is 4.90 Å². The van der Waals surface area contributed by atoms with Gasteiger partial charge in [0.2, 0.25) is 6.79 Å². The Morgan fingerprint density at radius 3 is 2.88 bits per heavy atom. The van der Waals surface area contributed by atoms with E-state index in [2.05, 4.69) is 0 Å². The Kier molecular flexibility index (Phi) is 3.96. The van der Waals surface area contributed by atoms with E-state index in [0.717, 1.165) is 11.3 Å². The number of ether oxygens (including phenoxy) is 2. The first-order valence-electron chi connectivity index (χ1n) is 7.70. The summed E-state index contributed by atoms with van der Waals surface area (Å²) in [6.45, 7) is 0.790. The second kappa shape index (κ2) is 6.29. The molecule has 0 aromatic heterocycles. The van der Waals surface area contributed by atoms with Gasteiger partial charge in [0.25, 0.3) is 11.6 Å². The minimum absolute atomic E-state index is 0.0858. The van der Waals surface area contributed by atoms with Crippen LogP contribution in [-0.2, 0) is 0 Å². The molecule has 8 heteroatoms. The lowest BCUT2D eigenvalue weighted by molar-refractivity contribution is -0.384. The van der Waals surface area contributed by atoms with Crippen molar-refractivity contribution in [3.05, 3.63) is 63.7 Å². The molecule has 7 nitrogen and oxygen atoms in total. The zero-order valence-electron chi connectivity index (χ0n) is 13.1. The maximum Gasteiger partial charge on any atom is 0.270 e. The van der Waals surface area contributed by atoms with Gasteiger partial charge in [-0.05, 0) is 23.8 Å². The average molecular weight is 358 g/mol. The summed E-state index contributed by atoms with van der Waals surface area (Å²) < 4.78 is 10.7. The second-order valence-electron chi connectivity index (χ2n) is 5.64. The number of amides is 1. The van der Waals surface area contributed by atoms with Crippen LogP contribution >= 0.6 is 11.8 Å². The van der Waals surface area contributed by atoms with E-state index in [1.54, 1.807) is 22.7 Å². The van der Waals surface area contributed by atoms with Gasteiger partial charge in [-0.25, -0.2) is 0 Å². The van der Waals surface area contributed by atoms with Crippen LogP contribution < -0.4 is 9.47 Å². The van der Waals surface area contributed by atoms with Crippen LogP contribution in [0.25, 0.3) is 0 Å². The number of non-ortho nitro benzene ring substituents is 1. The summed E-state index contributed by atoms with van der Waals surface area (Å²) in [5.74, 6) is 1.96. The van der Waals surface area contributed by atoms with E-state index >= 15 is 0 Å². The minimum Gasteiger partial charge on any atom is -0.454 e. The summed E-state index contributed by atoms with van der Waals surface area (Å²) in [6, 6.07) is 11.5. The van der Waals surface area contributed by atoms with Gasteiger partial charge < -0.3 is 14.4 Å². The molecule has 0 aliphatic carbocycles. The molecule has 0 spiro atoms. The molecule has 0 unspecified atom stereocenters. The Morgan fingerprint density at radius 1 is 1.20 bits per heavy atom. The van der Waals surface area contributed by atoms with E-state index in [4.69, 9.17) is 9.47 Å². The van der Waals surface area contributed by atoms with Gasteiger partial charge in [0, 0.05) is 30.0 Å². The Morgan fingerprint density at radius 2 is 2.04 bits per heavy atom. The molecular weight excluding hydrogens is 344 g/mol. The highest BCUT2D eigenvalue weighted by atomic mass is 32.2. The van der Waals surface area contributed by atoms with Crippen LogP contribution in [-0.4, -0.2) is 34.8 Å². The Labute approximate surface area is 147 Å². The third-order valence-corrected chi connectivity index (χ3v) is 5.40. The third kappa shape index (κ3) is 2.89. The summed E-state index contributed by atoms with van der Waals surface area (Å²) in [5.41, 5.74) is 1.19. The number of hydrogen-bond donors (Lipinski definition) is 0. The van der Waals surface area contributed by atoms with Crippen molar-refractivity contribution in [2.24, 2.45) is 0 Å². The predicted molar refractivity (Wildman–Crippen MR) is 91.9 cm³/mol. The van der Waals surface area contributed by atoms with Gasteiger partial charge in [-0.1, -0.05) is 12.1 Å². The molecule has 4 rings (SSSR count). The SMILES string of the molecule is O=C(c1cccc([N+](=O)[O-])c1)N1CCS[C@@H]1c1ccc2c(c1)OCO2. The molecule has 25 heavy (non-hydrogen) atoms. The number of benzene rings is 2. The van der Waals surface area contributed by atoms with Crippen molar-refractivity contribution < 1.29 is 19.2 Å². The van der Waals surface area contributed by atoms with Crippen LogP contribution in [0.1, 0.15) is 21.3 Å². The molecule has 2 aromatic carbocycles. The lowest BCUT2D eigenvalue weighted by atomic mass is 10.1. The molecule has 0 radical (unpaired) electrons. The van der Waals surface area contributed by atoms with Crippen LogP contribution in [0.15, 0.2) is 42.5 Å². The number of carbonyl (C=O) groups excluding carboxylic acids is 1. The molecule has 0 N–H and O–H groups in total. The zero-order chi connectivity index (χ0) is 17.4. The van der Waals surface area contributed by atoms with Gasteiger partial charge in [0.1, 0.15) is 5.37 Å². The van der Waals surface area contributed by atoms with E-state index in [1.165, 1.54) is 18.2 Å². The lowest BCUT2D eigenvalue weighted by Gasteiger charge is -2.24. The molecule has 2 aromatic rings. The molecule has 2 aliphatic heterocycles. The summed E-state index contributed by atoms with van der Waals surface area (Å²) in [5, 5.41) is 10.8. The number of hydrogen-bond acceptors (Lipinski definition) is 6. The minimum atomic E-state index is -0.495. The van der Waals surface area contributed by atoms with Gasteiger partial charge in [0.15, 0.2) is 11.5 Å². The molecule has 0 bridgehead atoms. The van der Waals surface area contributed by atoms with Crippen molar-refractivity contribution in [3.63, 3.8) is 0 Å². The predicted octanol–water partition coefficient (Wildman–Crippen LogP) is 3.21. The van der Waals surface area contributed by atoms with E-state index < -0.39 is 4.92 Å². The Bertz CT molecular complexity index is 857. The van der Waals surface area contributed by atoms with E-state index in [9.17, 15) is 14.9 Å². The highest BCUT2D eigenvalue weighted by Gasteiger charge is 2.32. The zero-order valence-corrected chi connectivity index (χ0v) is 13.9. The summed E-state index contributed by atoms with van der Waals surface area (Å²) in [7, 11) is 0. The van der Waals surface area contributed by atoms with Crippen LogP contribution in [0.2, 0.25) is 0 Å². The first-order valence-corrected chi connectivity index (χ1v) is 8.75. The standard InChI is InChI=1S/C17H14N2O5S/c20-16(11-2-1-3-13(8-11)19(21)22)18-6-7-25-17(18)12-4-5-14-15(9-12)24-10-23-14/h1-5,8-9,17H,6-7,10H2/t17-/m1/s1. The van der Waals surface area contributed by atoms with Gasteiger partial charge in [0.05, 0.1) is 4.92 Å². The van der Waals surface area contributed by atoms with Crippen molar-refractivity contribution >= 4 is 23.4 Å². The summed E-state index contributed by atoms with van der Waals surface area (Å²) in [6.07, 6.45) is 0. The molecule has 2 heterocycles. The largest absolute Gasteiger partial charge is 0.454 e. The van der Waals surface area contributed by atoms with Crippen LogP contribution in [0, 0.1) is 10.1 Å². The van der Waals surface area contributed by atoms with Crippen molar-refractivity contribution in [2.75, 3.05) is 19.1 Å². The molecular formula is C17H14N2O5S. The third-order valence-electron chi connectivity index (χ3n) is 4.14. The van der Waals surface area contributed by atoms with E-state index in [-0.39, 0.29) is 23.8 Å². The molecule has 1 atom stereocenters. The number of thioether (sulfide) groups is 1. The van der Waals surface area contributed by atoms with Gasteiger partial charge in [-0.2, -0.15) is 0 Å².